The minimum Gasteiger partial charge on any atom is -0.326 e. The molecule has 3 heteroatoms. The Morgan fingerprint density at radius 1 is 1.33 bits per heavy atom. The third-order valence-corrected chi connectivity index (χ3v) is 2.99. The molecule has 3 nitrogen and oxygen atoms in total. The Bertz CT molecular complexity index is 412. The highest BCUT2D eigenvalue weighted by Gasteiger charge is 2.21. The molecule has 3 N–H and O–H groups in total. The van der Waals surface area contributed by atoms with Crippen molar-refractivity contribution >= 4 is 11.6 Å². The zero-order valence-electron chi connectivity index (χ0n) is 9.13. The van der Waals surface area contributed by atoms with Crippen LogP contribution in [-0.4, -0.2) is 5.91 Å². The Hall–Kier alpha value is -1.35. The second-order valence-corrected chi connectivity index (χ2v) is 4.18. The van der Waals surface area contributed by atoms with E-state index in [0.717, 1.165) is 28.8 Å². The number of hydrogen-bond donors (Lipinski definition) is 2. The maximum absolute atomic E-state index is 11.5. The van der Waals surface area contributed by atoms with Crippen molar-refractivity contribution in [2.24, 2.45) is 5.73 Å². The Morgan fingerprint density at radius 2 is 2.00 bits per heavy atom. The van der Waals surface area contributed by atoms with E-state index in [4.69, 9.17) is 5.73 Å². The summed E-state index contributed by atoms with van der Waals surface area (Å²) >= 11 is 0. The number of carbonyl (C=O) groups is 1. The van der Waals surface area contributed by atoms with Crippen molar-refractivity contribution in [3.05, 3.63) is 28.8 Å². The van der Waals surface area contributed by atoms with Gasteiger partial charge in [-0.25, -0.2) is 0 Å². The summed E-state index contributed by atoms with van der Waals surface area (Å²) in [5, 5.41) is 2.94. The van der Waals surface area contributed by atoms with E-state index in [0.29, 0.717) is 6.42 Å². The standard InChI is InChI=1S/C12H16N2O/c1-7-3-4-8(2)12-11(7)9(13)5-6-10(15)14-12/h3-4,9H,5-6,13H2,1-2H3,(H,14,15). The predicted molar refractivity (Wildman–Crippen MR) is 60.7 cm³/mol. The zero-order valence-corrected chi connectivity index (χ0v) is 9.13. The van der Waals surface area contributed by atoms with Gasteiger partial charge in [-0.15, -0.1) is 0 Å². The lowest BCUT2D eigenvalue weighted by molar-refractivity contribution is -0.116. The topological polar surface area (TPSA) is 55.1 Å². The molecule has 2 rings (SSSR count). The molecule has 0 radical (unpaired) electrons. The van der Waals surface area contributed by atoms with Crippen molar-refractivity contribution < 1.29 is 4.79 Å². The van der Waals surface area contributed by atoms with E-state index in [9.17, 15) is 4.79 Å². The summed E-state index contributed by atoms with van der Waals surface area (Å²) in [7, 11) is 0. The molecule has 1 amide bonds. The fraction of sp³-hybridized carbons (Fsp3) is 0.417. The molecule has 1 aromatic carbocycles. The van der Waals surface area contributed by atoms with Crippen LogP contribution < -0.4 is 11.1 Å². The van der Waals surface area contributed by atoms with Gasteiger partial charge in [-0.3, -0.25) is 4.79 Å². The first-order valence-corrected chi connectivity index (χ1v) is 5.25. The number of nitrogens with two attached hydrogens (primary N) is 1. The highest BCUT2D eigenvalue weighted by molar-refractivity contribution is 5.93. The van der Waals surface area contributed by atoms with Crippen molar-refractivity contribution in [2.75, 3.05) is 5.32 Å². The lowest BCUT2D eigenvalue weighted by Gasteiger charge is -2.17. The van der Waals surface area contributed by atoms with Crippen LogP contribution in [0.1, 0.15) is 35.6 Å². The summed E-state index contributed by atoms with van der Waals surface area (Å²) in [6.45, 7) is 4.03. The summed E-state index contributed by atoms with van der Waals surface area (Å²) in [6.07, 6.45) is 1.23. The maximum atomic E-state index is 11.5. The predicted octanol–water partition coefficient (Wildman–Crippen LogP) is 2.04. The quantitative estimate of drug-likeness (QED) is 0.679. The Morgan fingerprint density at radius 3 is 2.73 bits per heavy atom. The highest BCUT2D eigenvalue weighted by atomic mass is 16.1. The van der Waals surface area contributed by atoms with E-state index >= 15 is 0 Å². The molecule has 1 aliphatic heterocycles. The van der Waals surface area contributed by atoms with Crippen LogP contribution in [0, 0.1) is 13.8 Å². The summed E-state index contributed by atoms with van der Waals surface area (Å²) in [6, 6.07) is 4.05. The summed E-state index contributed by atoms with van der Waals surface area (Å²) < 4.78 is 0. The number of fused-ring (bicyclic) bond motifs is 1. The zero-order chi connectivity index (χ0) is 11.0. The van der Waals surface area contributed by atoms with Crippen molar-refractivity contribution in [3.8, 4) is 0 Å². The molecule has 0 saturated heterocycles. The van der Waals surface area contributed by atoms with Gasteiger partial charge in [-0.1, -0.05) is 12.1 Å². The van der Waals surface area contributed by atoms with Crippen molar-refractivity contribution in [1.82, 2.24) is 0 Å². The molecule has 80 valence electrons. The number of carbonyl (C=O) groups excluding carboxylic acids is 1. The first-order valence-electron chi connectivity index (χ1n) is 5.25. The first-order chi connectivity index (χ1) is 7.09. The van der Waals surface area contributed by atoms with Crippen LogP contribution in [0.4, 0.5) is 5.69 Å². The lowest BCUT2D eigenvalue weighted by atomic mass is 9.95. The fourth-order valence-corrected chi connectivity index (χ4v) is 2.11. The first kappa shape index (κ1) is 10.2. The number of anilines is 1. The van der Waals surface area contributed by atoms with E-state index in [1.807, 2.05) is 19.9 Å². The Kier molecular flexibility index (Phi) is 2.49. The van der Waals surface area contributed by atoms with Crippen molar-refractivity contribution in [1.29, 1.82) is 0 Å². The van der Waals surface area contributed by atoms with Gasteiger partial charge in [0.05, 0.1) is 0 Å². The smallest absolute Gasteiger partial charge is 0.224 e. The van der Waals surface area contributed by atoms with Gasteiger partial charge in [0.2, 0.25) is 5.91 Å². The van der Waals surface area contributed by atoms with E-state index in [1.54, 1.807) is 0 Å². The largest absolute Gasteiger partial charge is 0.326 e. The Labute approximate surface area is 89.7 Å². The SMILES string of the molecule is Cc1ccc(C)c2c1NC(=O)CCC2N. The molecule has 1 unspecified atom stereocenters. The molecular formula is C12H16N2O. The van der Waals surface area contributed by atoms with Crippen LogP contribution in [0.25, 0.3) is 0 Å². The number of rotatable bonds is 0. The number of hydrogen-bond acceptors (Lipinski definition) is 2. The van der Waals surface area contributed by atoms with Crippen LogP contribution in [-0.2, 0) is 4.79 Å². The molecular weight excluding hydrogens is 188 g/mol. The average molecular weight is 204 g/mol. The minimum absolute atomic E-state index is 0.0288. The fourth-order valence-electron chi connectivity index (χ4n) is 2.11. The minimum atomic E-state index is -0.0288. The van der Waals surface area contributed by atoms with Gasteiger partial charge in [-0.2, -0.15) is 0 Å². The van der Waals surface area contributed by atoms with Gasteiger partial charge in [0.1, 0.15) is 0 Å². The average Bonchev–Trinajstić information content (AvgIpc) is 2.34. The monoisotopic (exact) mass is 204 g/mol. The van der Waals surface area contributed by atoms with Crippen molar-refractivity contribution in [3.63, 3.8) is 0 Å². The molecule has 15 heavy (non-hydrogen) atoms. The summed E-state index contributed by atoms with van der Waals surface area (Å²) in [5.74, 6) is 0.0675. The molecule has 0 saturated carbocycles. The molecule has 1 heterocycles. The molecule has 1 aromatic rings. The second-order valence-electron chi connectivity index (χ2n) is 4.18. The number of nitrogens with one attached hydrogen (secondary N) is 1. The maximum Gasteiger partial charge on any atom is 0.224 e. The highest BCUT2D eigenvalue weighted by Crippen LogP contribution is 2.33. The third-order valence-electron chi connectivity index (χ3n) is 2.99. The normalized spacial score (nSPS) is 20.5. The van der Waals surface area contributed by atoms with E-state index < -0.39 is 0 Å². The summed E-state index contributed by atoms with van der Waals surface area (Å²) in [4.78, 5) is 11.5. The number of benzene rings is 1. The van der Waals surface area contributed by atoms with Crippen LogP contribution in [0.2, 0.25) is 0 Å². The van der Waals surface area contributed by atoms with Crippen molar-refractivity contribution in [2.45, 2.75) is 32.7 Å². The van der Waals surface area contributed by atoms with E-state index in [2.05, 4.69) is 11.4 Å². The van der Waals surface area contributed by atoms with E-state index in [-0.39, 0.29) is 11.9 Å². The van der Waals surface area contributed by atoms with Gasteiger partial charge in [0, 0.05) is 18.2 Å². The van der Waals surface area contributed by atoms with Gasteiger partial charge < -0.3 is 11.1 Å². The van der Waals surface area contributed by atoms with Gasteiger partial charge >= 0.3 is 0 Å². The van der Waals surface area contributed by atoms with E-state index in [1.165, 1.54) is 0 Å². The van der Waals surface area contributed by atoms with Crippen LogP contribution >= 0.6 is 0 Å². The number of aryl methyl sites for hydroxylation is 2. The van der Waals surface area contributed by atoms with Gasteiger partial charge in [-0.05, 0) is 37.0 Å². The second kappa shape index (κ2) is 3.66. The van der Waals surface area contributed by atoms with Crippen LogP contribution in [0.3, 0.4) is 0 Å². The molecule has 1 aliphatic rings. The molecule has 0 bridgehead atoms. The molecule has 1 atom stereocenters. The van der Waals surface area contributed by atoms with Crippen LogP contribution in [0.5, 0.6) is 0 Å². The van der Waals surface area contributed by atoms with Gasteiger partial charge in [0.15, 0.2) is 0 Å². The Balaban J connectivity index is 2.60. The van der Waals surface area contributed by atoms with Crippen LogP contribution in [0.15, 0.2) is 12.1 Å². The lowest BCUT2D eigenvalue weighted by Crippen LogP contribution is -2.12. The molecule has 0 aliphatic carbocycles. The molecule has 0 spiro atoms. The molecule has 0 aromatic heterocycles. The van der Waals surface area contributed by atoms with Gasteiger partial charge in [0.25, 0.3) is 0 Å². The molecule has 0 fully saturated rings. The third kappa shape index (κ3) is 1.75. The number of amides is 1. The summed E-state index contributed by atoms with van der Waals surface area (Å²) in [5.41, 5.74) is 10.3.